The molecule has 0 aliphatic carbocycles. The van der Waals surface area contributed by atoms with Gasteiger partial charge in [-0.05, 0) is 24.3 Å². The van der Waals surface area contributed by atoms with Crippen molar-refractivity contribution in [3.05, 3.63) is 54.6 Å². The zero-order chi connectivity index (χ0) is 12.4. The van der Waals surface area contributed by atoms with Crippen molar-refractivity contribution in [3.63, 3.8) is 0 Å². The number of carbonyl (C=O) groups is 1. The molecule has 1 aliphatic heterocycles. The average molecular weight is 241 g/mol. The fraction of sp³-hybridized carbons (Fsp3) is 0.0714. The highest BCUT2D eigenvalue weighted by Crippen LogP contribution is 2.32. The lowest BCUT2D eigenvalue weighted by Crippen LogP contribution is -2.41. The average Bonchev–Trinajstić information content (AvgIpc) is 2.43. The molecular weight excluding hydrogens is 230 g/mol. The maximum absolute atomic E-state index is 11.8. The largest absolute Gasteiger partial charge is 0.481 e. The second kappa shape index (κ2) is 4.41. The number of fused-ring (bicyclic) bond motifs is 1. The van der Waals surface area contributed by atoms with E-state index >= 15 is 0 Å². The van der Waals surface area contributed by atoms with Gasteiger partial charge in [-0.25, -0.2) is 0 Å². The summed E-state index contributed by atoms with van der Waals surface area (Å²) in [5.74, 6) is 1.04. The summed E-state index contributed by atoms with van der Waals surface area (Å²) in [6.45, 7) is -0.0101. The van der Waals surface area contributed by atoms with Crippen LogP contribution in [0.4, 0.5) is 5.69 Å². The Balaban J connectivity index is 1.94. The molecular formula is C14H11NO3. The molecule has 0 saturated carbocycles. The van der Waals surface area contributed by atoms with Crippen molar-refractivity contribution in [2.45, 2.75) is 0 Å². The molecule has 0 N–H and O–H groups in total. The van der Waals surface area contributed by atoms with Crippen LogP contribution >= 0.6 is 0 Å². The first kappa shape index (κ1) is 10.7. The molecule has 0 unspecified atom stereocenters. The van der Waals surface area contributed by atoms with Crippen LogP contribution in [-0.2, 0) is 4.79 Å². The molecule has 0 atom stereocenters. The summed E-state index contributed by atoms with van der Waals surface area (Å²) in [6.07, 6.45) is 0. The topological polar surface area (TPSA) is 38.8 Å². The van der Waals surface area contributed by atoms with Gasteiger partial charge in [-0.2, -0.15) is 0 Å². The van der Waals surface area contributed by atoms with E-state index in [1.165, 1.54) is 5.06 Å². The van der Waals surface area contributed by atoms with E-state index in [1.807, 2.05) is 36.4 Å². The van der Waals surface area contributed by atoms with Crippen molar-refractivity contribution in [2.24, 2.45) is 0 Å². The fourth-order valence-corrected chi connectivity index (χ4v) is 1.77. The Hall–Kier alpha value is -2.49. The van der Waals surface area contributed by atoms with Crippen molar-refractivity contribution in [2.75, 3.05) is 11.7 Å². The summed E-state index contributed by atoms with van der Waals surface area (Å²) >= 11 is 0. The molecule has 0 spiro atoms. The highest BCUT2D eigenvalue weighted by atomic mass is 16.7. The summed E-state index contributed by atoms with van der Waals surface area (Å²) in [5, 5.41) is 1.27. The maximum atomic E-state index is 11.8. The Bertz CT molecular complexity index is 568. The number of rotatable bonds is 2. The summed E-state index contributed by atoms with van der Waals surface area (Å²) < 4.78 is 5.33. The van der Waals surface area contributed by atoms with Crippen LogP contribution in [0.25, 0.3) is 0 Å². The zero-order valence-corrected chi connectivity index (χ0v) is 9.58. The van der Waals surface area contributed by atoms with Gasteiger partial charge in [0.25, 0.3) is 5.91 Å². The molecule has 18 heavy (non-hydrogen) atoms. The number of para-hydroxylation sites is 3. The third-order valence-corrected chi connectivity index (χ3v) is 2.60. The van der Waals surface area contributed by atoms with Gasteiger partial charge < -0.3 is 9.57 Å². The van der Waals surface area contributed by atoms with Gasteiger partial charge in [-0.15, -0.1) is 5.06 Å². The molecule has 3 rings (SSSR count). The smallest absolute Gasteiger partial charge is 0.297 e. The van der Waals surface area contributed by atoms with E-state index in [4.69, 9.17) is 9.57 Å². The van der Waals surface area contributed by atoms with Crippen molar-refractivity contribution in [1.82, 2.24) is 0 Å². The minimum Gasteiger partial charge on any atom is -0.481 e. The summed E-state index contributed by atoms with van der Waals surface area (Å²) in [6, 6.07) is 16.5. The highest BCUT2D eigenvalue weighted by molar-refractivity contribution is 5.96. The Labute approximate surface area is 104 Å². The number of hydrogen-bond acceptors (Lipinski definition) is 3. The van der Waals surface area contributed by atoms with Crippen LogP contribution < -0.4 is 14.6 Å². The molecule has 0 bridgehead atoms. The van der Waals surface area contributed by atoms with E-state index in [-0.39, 0.29) is 12.5 Å². The Morgan fingerprint density at radius 3 is 2.56 bits per heavy atom. The normalized spacial score (nSPS) is 13.8. The summed E-state index contributed by atoms with van der Waals surface area (Å²) in [5.41, 5.74) is 0.623. The SMILES string of the molecule is O=C1COc2ccccc2N1Oc1ccccc1. The molecule has 4 heteroatoms. The molecule has 4 nitrogen and oxygen atoms in total. The van der Waals surface area contributed by atoms with Crippen LogP contribution in [0.3, 0.4) is 0 Å². The Kier molecular flexibility index (Phi) is 2.61. The van der Waals surface area contributed by atoms with E-state index in [0.29, 0.717) is 17.2 Å². The summed E-state index contributed by atoms with van der Waals surface area (Å²) in [7, 11) is 0. The molecule has 1 amide bonds. The number of ether oxygens (including phenoxy) is 1. The number of hydrogen-bond donors (Lipinski definition) is 0. The van der Waals surface area contributed by atoms with Gasteiger partial charge in [0.2, 0.25) is 0 Å². The molecule has 0 aromatic heterocycles. The maximum Gasteiger partial charge on any atom is 0.297 e. The third kappa shape index (κ3) is 1.88. The molecule has 2 aromatic carbocycles. The summed E-state index contributed by atoms with van der Waals surface area (Å²) in [4.78, 5) is 17.4. The first-order valence-electron chi connectivity index (χ1n) is 5.62. The quantitative estimate of drug-likeness (QED) is 0.810. The van der Waals surface area contributed by atoms with Crippen LogP contribution in [-0.4, -0.2) is 12.5 Å². The predicted octanol–water partition coefficient (Wildman–Crippen LogP) is 2.41. The number of anilines is 1. The van der Waals surface area contributed by atoms with Crippen molar-refractivity contribution in [1.29, 1.82) is 0 Å². The molecule has 1 heterocycles. The predicted molar refractivity (Wildman–Crippen MR) is 66.5 cm³/mol. The molecule has 2 aromatic rings. The Morgan fingerprint density at radius 1 is 1.00 bits per heavy atom. The van der Waals surface area contributed by atoms with Gasteiger partial charge in [0, 0.05) is 0 Å². The van der Waals surface area contributed by atoms with Gasteiger partial charge in [0.05, 0.1) is 0 Å². The molecule has 0 saturated heterocycles. The lowest BCUT2D eigenvalue weighted by atomic mass is 10.2. The van der Waals surface area contributed by atoms with Crippen LogP contribution in [0.5, 0.6) is 11.5 Å². The van der Waals surface area contributed by atoms with Crippen LogP contribution in [0, 0.1) is 0 Å². The second-order valence-corrected chi connectivity index (χ2v) is 3.85. The zero-order valence-electron chi connectivity index (χ0n) is 9.58. The number of benzene rings is 2. The van der Waals surface area contributed by atoms with E-state index in [1.54, 1.807) is 18.2 Å². The number of nitrogens with zero attached hydrogens (tertiary/aromatic N) is 1. The molecule has 1 aliphatic rings. The lowest BCUT2D eigenvalue weighted by Gasteiger charge is -2.28. The lowest BCUT2D eigenvalue weighted by molar-refractivity contribution is -0.125. The molecule has 90 valence electrons. The fourth-order valence-electron chi connectivity index (χ4n) is 1.77. The van der Waals surface area contributed by atoms with Gasteiger partial charge >= 0.3 is 0 Å². The van der Waals surface area contributed by atoms with Crippen LogP contribution in [0.2, 0.25) is 0 Å². The molecule has 0 radical (unpaired) electrons. The van der Waals surface area contributed by atoms with Crippen molar-refractivity contribution >= 4 is 11.6 Å². The first-order chi connectivity index (χ1) is 8.84. The first-order valence-corrected chi connectivity index (χ1v) is 5.62. The van der Waals surface area contributed by atoms with Crippen LogP contribution in [0.1, 0.15) is 0 Å². The van der Waals surface area contributed by atoms with Gasteiger partial charge in [0.15, 0.2) is 12.4 Å². The number of hydroxylamine groups is 1. The third-order valence-electron chi connectivity index (χ3n) is 2.60. The van der Waals surface area contributed by atoms with Crippen molar-refractivity contribution in [3.8, 4) is 11.5 Å². The number of carbonyl (C=O) groups excluding carboxylic acids is 1. The highest BCUT2D eigenvalue weighted by Gasteiger charge is 2.27. The van der Waals surface area contributed by atoms with Crippen molar-refractivity contribution < 1.29 is 14.4 Å². The minimum absolute atomic E-state index is 0.0101. The van der Waals surface area contributed by atoms with E-state index in [2.05, 4.69) is 0 Å². The van der Waals surface area contributed by atoms with Gasteiger partial charge in [0.1, 0.15) is 11.4 Å². The molecule has 0 fully saturated rings. The minimum atomic E-state index is -0.224. The Morgan fingerprint density at radius 2 is 1.72 bits per heavy atom. The standard InChI is InChI=1S/C14H11NO3/c16-14-10-17-13-9-5-4-8-12(13)15(14)18-11-6-2-1-3-7-11/h1-9H,10H2. The van der Waals surface area contributed by atoms with Gasteiger partial charge in [-0.1, -0.05) is 30.3 Å². The van der Waals surface area contributed by atoms with Crippen LogP contribution in [0.15, 0.2) is 54.6 Å². The second-order valence-electron chi connectivity index (χ2n) is 3.85. The van der Waals surface area contributed by atoms with E-state index in [9.17, 15) is 4.79 Å². The van der Waals surface area contributed by atoms with Gasteiger partial charge in [-0.3, -0.25) is 4.79 Å². The van der Waals surface area contributed by atoms with E-state index in [0.717, 1.165) is 0 Å². The number of amides is 1. The van der Waals surface area contributed by atoms with E-state index < -0.39 is 0 Å². The monoisotopic (exact) mass is 241 g/mol.